The molecule has 1 saturated heterocycles. The summed E-state index contributed by atoms with van der Waals surface area (Å²) in [5, 5.41) is 1.16. The third-order valence-corrected chi connectivity index (χ3v) is 4.67. The van der Waals surface area contributed by atoms with E-state index in [1.54, 1.807) is 0 Å². The first-order valence-electron chi connectivity index (χ1n) is 7.63. The van der Waals surface area contributed by atoms with E-state index >= 15 is 0 Å². The molecule has 1 aliphatic rings. The lowest BCUT2D eigenvalue weighted by Gasteiger charge is -2.42. The number of aromatic nitrogens is 1. The Morgan fingerprint density at radius 2 is 1.86 bits per heavy atom. The van der Waals surface area contributed by atoms with Crippen molar-refractivity contribution < 1.29 is 0 Å². The number of nitrogens with zero attached hydrogens (tertiary/aromatic N) is 3. The van der Waals surface area contributed by atoms with Crippen molar-refractivity contribution in [2.24, 2.45) is 0 Å². The number of fused-ring (bicyclic) bond motifs is 1. The Morgan fingerprint density at radius 3 is 2.57 bits per heavy atom. The number of para-hydroxylation sites is 1. The van der Waals surface area contributed by atoms with Crippen molar-refractivity contribution in [3.05, 3.63) is 35.9 Å². The van der Waals surface area contributed by atoms with E-state index in [4.69, 9.17) is 5.73 Å². The van der Waals surface area contributed by atoms with Gasteiger partial charge in [-0.1, -0.05) is 18.2 Å². The third-order valence-electron chi connectivity index (χ3n) is 4.67. The van der Waals surface area contributed by atoms with Gasteiger partial charge in [-0.05, 0) is 33.0 Å². The van der Waals surface area contributed by atoms with Crippen LogP contribution in [0.3, 0.4) is 0 Å². The summed E-state index contributed by atoms with van der Waals surface area (Å²) in [5.41, 5.74) is 8.26. The number of rotatable bonds is 2. The predicted molar refractivity (Wildman–Crippen MR) is 88.1 cm³/mol. The minimum Gasteiger partial charge on any atom is -0.383 e. The Balaban J connectivity index is 1.83. The molecule has 4 heteroatoms. The van der Waals surface area contributed by atoms with Crippen LogP contribution >= 0.6 is 0 Å². The minimum atomic E-state index is 0.573. The van der Waals surface area contributed by atoms with Crippen LogP contribution in [0.15, 0.2) is 30.3 Å². The average Bonchev–Trinajstić information content (AvgIpc) is 2.45. The van der Waals surface area contributed by atoms with Gasteiger partial charge in [0, 0.05) is 42.7 Å². The van der Waals surface area contributed by atoms with Gasteiger partial charge >= 0.3 is 0 Å². The van der Waals surface area contributed by atoms with Crippen molar-refractivity contribution in [1.29, 1.82) is 0 Å². The molecule has 0 amide bonds. The van der Waals surface area contributed by atoms with Gasteiger partial charge in [0.25, 0.3) is 0 Å². The van der Waals surface area contributed by atoms with Gasteiger partial charge in [-0.15, -0.1) is 0 Å². The van der Waals surface area contributed by atoms with E-state index in [0.717, 1.165) is 36.1 Å². The van der Waals surface area contributed by atoms with E-state index in [2.05, 4.69) is 47.8 Å². The first-order chi connectivity index (χ1) is 10.0. The number of anilines is 1. The summed E-state index contributed by atoms with van der Waals surface area (Å²) in [6.07, 6.45) is 0. The van der Waals surface area contributed by atoms with Gasteiger partial charge in [-0.3, -0.25) is 9.80 Å². The molecule has 2 aromatic rings. The van der Waals surface area contributed by atoms with Gasteiger partial charge < -0.3 is 5.73 Å². The van der Waals surface area contributed by atoms with E-state index in [-0.39, 0.29) is 0 Å². The molecule has 2 heterocycles. The Morgan fingerprint density at radius 1 is 1.19 bits per heavy atom. The molecule has 0 radical (unpaired) electrons. The molecule has 2 atom stereocenters. The lowest BCUT2D eigenvalue weighted by molar-refractivity contribution is 0.0557. The Labute approximate surface area is 126 Å². The summed E-state index contributed by atoms with van der Waals surface area (Å²) in [6.45, 7) is 7.60. The highest BCUT2D eigenvalue weighted by Gasteiger charge is 2.26. The number of likely N-dealkylation sites (N-methyl/N-ethyl adjacent to an activating group) is 1. The van der Waals surface area contributed by atoms with Crippen molar-refractivity contribution in [3.63, 3.8) is 0 Å². The van der Waals surface area contributed by atoms with E-state index in [1.807, 2.05) is 18.2 Å². The van der Waals surface area contributed by atoms with Crippen LogP contribution < -0.4 is 5.73 Å². The van der Waals surface area contributed by atoms with Crippen LogP contribution in [0.25, 0.3) is 10.9 Å². The number of hydrogen-bond donors (Lipinski definition) is 1. The van der Waals surface area contributed by atoms with Gasteiger partial charge in [-0.25, -0.2) is 4.98 Å². The van der Waals surface area contributed by atoms with Crippen LogP contribution in [0.5, 0.6) is 0 Å². The second-order valence-corrected chi connectivity index (χ2v) is 6.28. The van der Waals surface area contributed by atoms with E-state index in [1.165, 1.54) is 0 Å². The Kier molecular flexibility index (Phi) is 3.83. The van der Waals surface area contributed by atoms with Crippen LogP contribution in [-0.2, 0) is 6.54 Å². The molecule has 1 fully saturated rings. The highest BCUT2D eigenvalue weighted by atomic mass is 15.3. The van der Waals surface area contributed by atoms with E-state index in [0.29, 0.717) is 17.9 Å². The maximum atomic E-state index is 6.15. The smallest absolute Gasteiger partial charge is 0.128 e. The van der Waals surface area contributed by atoms with Gasteiger partial charge in [0.2, 0.25) is 0 Å². The predicted octanol–water partition coefficient (Wildman–Crippen LogP) is 2.34. The molecular weight excluding hydrogens is 260 g/mol. The molecule has 112 valence electrons. The average molecular weight is 284 g/mol. The fourth-order valence-corrected chi connectivity index (χ4v) is 3.19. The number of hydrogen-bond acceptors (Lipinski definition) is 4. The zero-order chi connectivity index (χ0) is 15.0. The van der Waals surface area contributed by atoms with E-state index in [9.17, 15) is 0 Å². The van der Waals surface area contributed by atoms with Crippen molar-refractivity contribution in [3.8, 4) is 0 Å². The summed E-state index contributed by atoms with van der Waals surface area (Å²) in [6, 6.07) is 11.5. The summed E-state index contributed by atoms with van der Waals surface area (Å²) >= 11 is 0. The first-order valence-corrected chi connectivity index (χ1v) is 7.63. The fraction of sp³-hybridized carbons (Fsp3) is 0.471. The second kappa shape index (κ2) is 5.62. The lowest BCUT2D eigenvalue weighted by atomic mass is 10.1. The van der Waals surface area contributed by atoms with Crippen LogP contribution in [0, 0.1) is 0 Å². The number of pyridine rings is 1. The van der Waals surface area contributed by atoms with Gasteiger partial charge in [0.15, 0.2) is 0 Å². The Bertz CT molecular complexity index is 628. The molecule has 3 rings (SSSR count). The molecule has 0 aliphatic carbocycles. The van der Waals surface area contributed by atoms with Crippen molar-refractivity contribution >= 4 is 16.7 Å². The van der Waals surface area contributed by atoms with Crippen molar-refractivity contribution in [2.45, 2.75) is 32.5 Å². The number of nitrogens with two attached hydrogens (primary N) is 1. The monoisotopic (exact) mass is 284 g/mol. The highest BCUT2D eigenvalue weighted by Crippen LogP contribution is 2.22. The molecule has 4 nitrogen and oxygen atoms in total. The summed E-state index contributed by atoms with van der Waals surface area (Å²) in [7, 11) is 2.21. The van der Waals surface area contributed by atoms with Crippen LogP contribution in [0.1, 0.15) is 19.4 Å². The maximum absolute atomic E-state index is 6.15. The molecule has 2 N–H and O–H groups in total. The molecule has 1 aromatic carbocycles. The quantitative estimate of drug-likeness (QED) is 0.919. The molecule has 0 bridgehead atoms. The first kappa shape index (κ1) is 14.3. The number of benzene rings is 1. The summed E-state index contributed by atoms with van der Waals surface area (Å²) in [4.78, 5) is 9.46. The van der Waals surface area contributed by atoms with Crippen LogP contribution in [0.2, 0.25) is 0 Å². The van der Waals surface area contributed by atoms with E-state index < -0.39 is 0 Å². The molecule has 0 saturated carbocycles. The van der Waals surface area contributed by atoms with Gasteiger partial charge in [0.05, 0.1) is 5.52 Å². The fourth-order valence-electron chi connectivity index (χ4n) is 3.19. The molecule has 2 unspecified atom stereocenters. The molecular formula is C17H24N4. The normalized spacial score (nSPS) is 24.5. The number of piperazine rings is 1. The Hall–Kier alpha value is -1.65. The summed E-state index contributed by atoms with van der Waals surface area (Å²) in [5.74, 6) is 0.660. The highest BCUT2D eigenvalue weighted by molar-refractivity contribution is 5.81. The lowest BCUT2D eigenvalue weighted by Crippen LogP contribution is -2.54. The molecule has 21 heavy (non-hydrogen) atoms. The molecule has 1 aliphatic heterocycles. The summed E-state index contributed by atoms with van der Waals surface area (Å²) < 4.78 is 0. The van der Waals surface area contributed by atoms with Crippen molar-refractivity contribution in [2.75, 3.05) is 25.9 Å². The number of nitrogen functional groups attached to an aromatic ring is 1. The second-order valence-electron chi connectivity index (χ2n) is 6.28. The zero-order valence-corrected chi connectivity index (χ0v) is 13.1. The SMILES string of the molecule is CC1CN(Cc2cc3ccccc3nc2N)CC(C)N1C. The van der Waals surface area contributed by atoms with Crippen molar-refractivity contribution in [1.82, 2.24) is 14.8 Å². The van der Waals surface area contributed by atoms with Crippen LogP contribution in [0.4, 0.5) is 5.82 Å². The standard InChI is InChI=1S/C17H24N4/c1-12-9-21(10-13(2)20(12)3)11-15-8-14-6-4-5-7-16(14)19-17(15)18/h4-8,12-13H,9-11H2,1-3H3,(H2,18,19). The third kappa shape index (κ3) is 2.87. The zero-order valence-electron chi connectivity index (χ0n) is 13.1. The van der Waals surface area contributed by atoms with Gasteiger partial charge in [0.1, 0.15) is 5.82 Å². The largest absolute Gasteiger partial charge is 0.383 e. The minimum absolute atomic E-state index is 0.573. The molecule has 0 spiro atoms. The van der Waals surface area contributed by atoms with Crippen LogP contribution in [-0.4, -0.2) is 47.0 Å². The maximum Gasteiger partial charge on any atom is 0.128 e. The molecule has 1 aromatic heterocycles. The topological polar surface area (TPSA) is 45.4 Å². The van der Waals surface area contributed by atoms with Gasteiger partial charge in [-0.2, -0.15) is 0 Å².